The minimum atomic E-state index is -3.94. The van der Waals surface area contributed by atoms with Crippen LogP contribution in [-0.4, -0.2) is 34.4 Å². The van der Waals surface area contributed by atoms with Gasteiger partial charge in [0.2, 0.25) is 0 Å². The van der Waals surface area contributed by atoms with Gasteiger partial charge >= 0.3 is 0 Å². The third-order valence-electron chi connectivity index (χ3n) is 4.62. The minimum absolute atomic E-state index is 0.0134. The highest BCUT2D eigenvalue weighted by molar-refractivity contribution is 7.92. The molecule has 8 nitrogen and oxygen atoms in total. The van der Waals surface area contributed by atoms with E-state index in [0.29, 0.717) is 29.9 Å². The molecule has 0 spiro atoms. The summed E-state index contributed by atoms with van der Waals surface area (Å²) in [5, 5.41) is 4.45. The maximum Gasteiger partial charge on any atom is 0.266 e. The van der Waals surface area contributed by atoms with Crippen LogP contribution in [0.4, 0.5) is 5.82 Å². The van der Waals surface area contributed by atoms with Crippen LogP contribution in [-0.2, 0) is 27.8 Å². The van der Waals surface area contributed by atoms with Gasteiger partial charge in [-0.1, -0.05) is 17.3 Å². The lowest BCUT2D eigenvalue weighted by Gasteiger charge is -2.21. The van der Waals surface area contributed by atoms with Crippen LogP contribution in [0.25, 0.3) is 11.0 Å². The first-order valence-electron chi connectivity index (χ1n) is 8.77. The Kier molecular flexibility index (Phi) is 4.86. The zero-order valence-corrected chi connectivity index (χ0v) is 16.3. The molecule has 4 rings (SSSR count). The molecule has 0 saturated carbocycles. The fourth-order valence-electron chi connectivity index (χ4n) is 3.40. The highest BCUT2D eigenvalue weighted by Crippen LogP contribution is 2.41. The SMILES string of the molecule is COCc1cc2onc(NS(=O)(=O)c3ccccc3OC)c2c2c1CCCO2. The molecule has 0 saturated heterocycles. The molecule has 1 N–H and O–H groups in total. The number of sulfonamides is 1. The molecule has 28 heavy (non-hydrogen) atoms. The van der Waals surface area contributed by atoms with E-state index in [0.717, 1.165) is 24.0 Å². The zero-order valence-electron chi connectivity index (χ0n) is 15.5. The summed E-state index contributed by atoms with van der Waals surface area (Å²) in [7, 11) is -0.906. The fraction of sp³-hybridized carbons (Fsp3) is 0.316. The first-order chi connectivity index (χ1) is 13.5. The van der Waals surface area contributed by atoms with Crippen molar-refractivity contribution < 1.29 is 27.2 Å². The van der Waals surface area contributed by atoms with Crippen molar-refractivity contribution in [2.24, 2.45) is 0 Å². The molecule has 9 heteroatoms. The largest absolute Gasteiger partial charge is 0.495 e. The predicted octanol–water partition coefficient (Wildman–Crippen LogP) is 3.11. The van der Waals surface area contributed by atoms with Gasteiger partial charge in [0.1, 0.15) is 21.8 Å². The van der Waals surface area contributed by atoms with Gasteiger partial charge in [-0.3, -0.25) is 4.72 Å². The summed E-state index contributed by atoms with van der Waals surface area (Å²) in [6, 6.07) is 8.19. The first kappa shape index (κ1) is 18.6. The number of para-hydroxylation sites is 1. The Hall–Kier alpha value is -2.78. The Labute approximate surface area is 162 Å². The Morgan fingerprint density at radius 2 is 2.07 bits per heavy atom. The Morgan fingerprint density at radius 3 is 2.86 bits per heavy atom. The number of fused-ring (bicyclic) bond motifs is 3. The zero-order chi connectivity index (χ0) is 19.7. The molecule has 0 aliphatic carbocycles. The van der Waals surface area contributed by atoms with E-state index in [-0.39, 0.29) is 16.5 Å². The number of methoxy groups -OCH3 is 2. The molecule has 2 aromatic carbocycles. The van der Waals surface area contributed by atoms with Crippen LogP contribution in [0, 0.1) is 0 Å². The van der Waals surface area contributed by atoms with E-state index in [9.17, 15) is 8.42 Å². The smallest absolute Gasteiger partial charge is 0.266 e. The summed E-state index contributed by atoms with van der Waals surface area (Å²) in [5.41, 5.74) is 2.37. The highest BCUT2D eigenvalue weighted by atomic mass is 32.2. The van der Waals surface area contributed by atoms with Gasteiger partial charge in [0.25, 0.3) is 10.0 Å². The van der Waals surface area contributed by atoms with Gasteiger partial charge in [0, 0.05) is 12.7 Å². The molecule has 3 aromatic rings. The second-order valence-corrected chi connectivity index (χ2v) is 8.04. The second-order valence-electron chi connectivity index (χ2n) is 6.39. The topological polar surface area (TPSA) is 99.9 Å². The molecule has 0 radical (unpaired) electrons. The van der Waals surface area contributed by atoms with Crippen LogP contribution in [0.5, 0.6) is 11.5 Å². The third-order valence-corrected chi connectivity index (χ3v) is 6.00. The maximum absolute atomic E-state index is 12.9. The predicted molar refractivity (Wildman–Crippen MR) is 102 cm³/mol. The molecule has 0 atom stereocenters. The highest BCUT2D eigenvalue weighted by Gasteiger charge is 2.27. The normalized spacial score (nSPS) is 13.8. The van der Waals surface area contributed by atoms with E-state index >= 15 is 0 Å². The van der Waals surface area contributed by atoms with Crippen molar-refractivity contribution in [1.82, 2.24) is 5.16 Å². The van der Waals surface area contributed by atoms with Gasteiger partial charge in [0.05, 0.1) is 20.3 Å². The first-order valence-corrected chi connectivity index (χ1v) is 10.2. The lowest BCUT2D eigenvalue weighted by atomic mass is 9.98. The molecule has 0 unspecified atom stereocenters. The van der Waals surface area contributed by atoms with E-state index < -0.39 is 10.0 Å². The van der Waals surface area contributed by atoms with Crippen molar-refractivity contribution >= 4 is 26.8 Å². The van der Waals surface area contributed by atoms with Gasteiger partial charge in [-0.05, 0) is 36.6 Å². The van der Waals surface area contributed by atoms with Gasteiger partial charge in [-0.15, -0.1) is 0 Å². The summed E-state index contributed by atoms with van der Waals surface area (Å²) < 4.78 is 50.1. The number of nitrogens with zero attached hydrogens (tertiary/aromatic N) is 1. The van der Waals surface area contributed by atoms with Crippen LogP contribution in [0.1, 0.15) is 17.5 Å². The molecule has 1 aliphatic rings. The summed E-state index contributed by atoms with van der Waals surface area (Å²) in [5.74, 6) is 0.918. The van der Waals surface area contributed by atoms with Crippen molar-refractivity contribution in [3.63, 3.8) is 0 Å². The molecule has 0 amide bonds. The van der Waals surface area contributed by atoms with Gasteiger partial charge in [0.15, 0.2) is 11.4 Å². The van der Waals surface area contributed by atoms with Crippen LogP contribution in [0.2, 0.25) is 0 Å². The number of anilines is 1. The maximum atomic E-state index is 12.9. The average Bonchev–Trinajstić information content (AvgIpc) is 3.10. The monoisotopic (exact) mass is 404 g/mol. The van der Waals surface area contributed by atoms with Crippen molar-refractivity contribution in [3.05, 3.63) is 41.5 Å². The van der Waals surface area contributed by atoms with E-state index in [2.05, 4.69) is 9.88 Å². The van der Waals surface area contributed by atoms with Crippen LogP contribution in [0.15, 0.2) is 39.8 Å². The van der Waals surface area contributed by atoms with Gasteiger partial charge < -0.3 is 18.7 Å². The Morgan fingerprint density at radius 1 is 1.25 bits per heavy atom. The van der Waals surface area contributed by atoms with Crippen molar-refractivity contribution in [2.45, 2.75) is 24.3 Å². The molecular formula is C19H20N2O6S. The quantitative estimate of drug-likeness (QED) is 0.674. The minimum Gasteiger partial charge on any atom is -0.495 e. The molecule has 1 aliphatic heterocycles. The summed E-state index contributed by atoms with van der Waals surface area (Å²) >= 11 is 0. The fourth-order valence-corrected chi connectivity index (χ4v) is 4.57. The van der Waals surface area contributed by atoms with Crippen LogP contribution in [0.3, 0.4) is 0 Å². The van der Waals surface area contributed by atoms with Crippen molar-refractivity contribution in [2.75, 3.05) is 25.5 Å². The summed E-state index contributed by atoms with van der Waals surface area (Å²) in [4.78, 5) is 0.0134. The standard InChI is InChI=1S/C19H20N2O6S/c1-24-11-12-10-15-17(18-13(12)6-5-9-26-18)19(20-27-15)21-28(22,23)16-8-4-3-7-14(16)25-2/h3-4,7-8,10H,5-6,9,11H2,1-2H3,(H,20,21). The number of ether oxygens (including phenoxy) is 3. The van der Waals surface area contributed by atoms with Gasteiger partial charge in [-0.25, -0.2) is 8.42 Å². The van der Waals surface area contributed by atoms with Crippen LogP contribution < -0.4 is 14.2 Å². The molecule has 2 heterocycles. The third kappa shape index (κ3) is 3.16. The molecule has 0 fully saturated rings. The number of benzene rings is 2. The summed E-state index contributed by atoms with van der Waals surface area (Å²) in [6.07, 6.45) is 1.69. The molecule has 148 valence electrons. The number of hydrogen-bond acceptors (Lipinski definition) is 7. The Balaban J connectivity index is 1.82. The molecule has 0 bridgehead atoms. The van der Waals surface area contributed by atoms with Crippen molar-refractivity contribution in [3.8, 4) is 11.5 Å². The lowest BCUT2D eigenvalue weighted by molar-refractivity contribution is 0.182. The van der Waals surface area contributed by atoms with E-state index in [1.54, 1.807) is 25.3 Å². The van der Waals surface area contributed by atoms with Gasteiger partial charge in [-0.2, -0.15) is 0 Å². The molecule has 1 aromatic heterocycles. The summed E-state index contributed by atoms with van der Waals surface area (Å²) in [6.45, 7) is 0.951. The second kappa shape index (κ2) is 7.33. The molecular weight excluding hydrogens is 384 g/mol. The number of aromatic nitrogens is 1. The lowest BCUT2D eigenvalue weighted by Crippen LogP contribution is -2.15. The van der Waals surface area contributed by atoms with Crippen LogP contribution >= 0.6 is 0 Å². The van der Waals surface area contributed by atoms with E-state index in [4.69, 9.17) is 18.7 Å². The number of nitrogens with one attached hydrogen (secondary N) is 1. The average molecular weight is 404 g/mol. The van der Waals surface area contributed by atoms with Crippen molar-refractivity contribution in [1.29, 1.82) is 0 Å². The Bertz CT molecular complexity index is 1120. The number of rotatable bonds is 6. The van der Waals surface area contributed by atoms with E-state index in [1.165, 1.54) is 13.2 Å². The van der Waals surface area contributed by atoms with E-state index in [1.807, 2.05) is 6.07 Å². The number of hydrogen-bond donors (Lipinski definition) is 1.